The van der Waals surface area contributed by atoms with Crippen LogP contribution in [0.2, 0.25) is 0 Å². The Kier molecular flexibility index (Phi) is 6.08. The van der Waals surface area contributed by atoms with Crippen LogP contribution in [0.15, 0.2) is 0 Å². The highest BCUT2D eigenvalue weighted by molar-refractivity contribution is 5.76. The van der Waals surface area contributed by atoms with Gasteiger partial charge in [0.1, 0.15) is 5.82 Å². The van der Waals surface area contributed by atoms with E-state index in [0.717, 1.165) is 25.3 Å². The number of H-pyrrole nitrogens is 1. The summed E-state index contributed by atoms with van der Waals surface area (Å²) >= 11 is 0. The minimum absolute atomic E-state index is 0.00520. The maximum atomic E-state index is 12.3. The molecule has 0 spiro atoms. The molecule has 2 fully saturated rings. The molecule has 2 amide bonds. The Morgan fingerprint density at radius 1 is 1.23 bits per heavy atom. The molecular weight excluding hydrogens is 334 g/mol. The highest BCUT2D eigenvalue weighted by Crippen LogP contribution is 2.35. The van der Waals surface area contributed by atoms with Crippen molar-refractivity contribution in [3.8, 4) is 0 Å². The lowest BCUT2D eigenvalue weighted by Crippen LogP contribution is -2.45. The molecule has 2 aliphatic rings. The SMILES string of the molecule is CC(=O)NC[C@H]1CC[C@@H](CC(=O)NCCc2nc(N)n[nH]2)N1CC1CC1. The number of nitrogens with two attached hydrogens (primary N) is 1. The Labute approximate surface area is 153 Å². The van der Waals surface area contributed by atoms with Gasteiger partial charge in [-0.1, -0.05) is 0 Å². The molecule has 1 aromatic heterocycles. The molecule has 1 aliphatic heterocycles. The summed E-state index contributed by atoms with van der Waals surface area (Å²) in [4.78, 5) is 30.0. The van der Waals surface area contributed by atoms with Crippen LogP contribution in [0.4, 0.5) is 5.95 Å². The molecule has 1 aromatic rings. The lowest BCUT2D eigenvalue weighted by Gasteiger charge is -2.30. The molecule has 3 rings (SSSR count). The van der Waals surface area contributed by atoms with Crippen molar-refractivity contribution in [3.05, 3.63) is 5.82 Å². The van der Waals surface area contributed by atoms with Gasteiger partial charge < -0.3 is 16.4 Å². The van der Waals surface area contributed by atoms with Gasteiger partial charge >= 0.3 is 0 Å². The molecular formula is C17H29N7O2. The summed E-state index contributed by atoms with van der Waals surface area (Å²) in [6, 6.07) is 0.602. The van der Waals surface area contributed by atoms with Crippen molar-refractivity contribution in [1.29, 1.82) is 0 Å². The van der Waals surface area contributed by atoms with Gasteiger partial charge in [0.15, 0.2) is 0 Å². The molecule has 2 heterocycles. The first-order valence-electron chi connectivity index (χ1n) is 9.45. The number of nitrogens with one attached hydrogen (secondary N) is 3. The highest BCUT2D eigenvalue weighted by atomic mass is 16.2. The summed E-state index contributed by atoms with van der Waals surface area (Å²) < 4.78 is 0. The average molecular weight is 363 g/mol. The summed E-state index contributed by atoms with van der Waals surface area (Å²) in [7, 11) is 0. The number of anilines is 1. The number of aromatic nitrogens is 3. The van der Waals surface area contributed by atoms with E-state index >= 15 is 0 Å². The lowest BCUT2D eigenvalue weighted by atomic mass is 10.1. The minimum atomic E-state index is 0.00520. The topological polar surface area (TPSA) is 129 Å². The fourth-order valence-corrected chi connectivity index (χ4v) is 3.64. The van der Waals surface area contributed by atoms with E-state index in [4.69, 9.17) is 5.73 Å². The fourth-order valence-electron chi connectivity index (χ4n) is 3.64. The molecule has 9 heteroatoms. The standard InChI is InChI=1S/C17H29N7O2/c1-11(25)20-9-14-5-4-13(24(14)10-12-2-3-12)8-16(26)19-7-6-15-21-17(18)23-22-15/h12-14H,2-10H2,1H3,(H,19,26)(H,20,25)(H3,18,21,22,23)/t13-,14+/m0/s1. The monoisotopic (exact) mass is 363 g/mol. The molecule has 9 nitrogen and oxygen atoms in total. The van der Waals surface area contributed by atoms with Crippen LogP contribution in [0.25, 0.3) is 0 Å². The number of nitrogen functional groups attached to an aromatic ring is 1. The zero-order chi connectivity index (χ0) is 18.5. The Hall–Kier alpha value is -2.16. The van der Waals surface area contributed by atoms with Crippen LogP contribution in [-0.4, -0.2) is 63.6 Å². The van der Waals surface area contributed by atoms with Gasteiger partial charge in [-0.3, -0.25) is 19.6 Å². The second-order valence-electron chi connectivity index (χ2n) is 7.41. The Balaban J connectivity index is 1.45. The Morgan fingerprint density at radius 2 is 2.00 bits per heavy atom. The Morgan fingerprint density at radius 3 is 2.65 bits per heavy atom. The van der Waals surface area contributed by atoms with E-state index in [9.17, 15) is 9.59 Å². The van der Waals surface area contributed by atoms with Crippen LogP contribution in [0.5, 0.6) is 0 Å². The fraction of sp³-hybridized carbons (Fsp3) is 0.765. The van der Waals surface area contributed by atoms with Crippen molar-refractivity contribution in [3.63, 3.8) is 0 Å². The first-order valence-corrected chi connectivity index (χ1v) is 9.45. The van der Waals surface area contributed by atoms with Crippen LogP contribution >= 0.6 is 0 Å². The average Bonchev–Trinajstić information content (AvgIpc) is 3.20. The predicted molar refractivity (Wildman–Crippen MR) is 97.0 cm³/mol. The summed E-state index contributed by atoms with van der Waals surface area (Å²) in [5.74, 6) is 1.72. The molecule has 0 bridgehead atoms. The molecule has 5 N–H and O–H groups in total. The summed E-state index contributed by atoms with van der Waals surface area (Å²) in [6.45, 7) is 3.78. The van der Waals surface area contributed by atoms with E-state index in [2.05, 4.69) is 30.7 Å². The number of carbonyl (C=O) groups excluding carboxylic acids is 2. The first-order chi connectivity index (χ1) is 12.5. The van der Waals surface area contributed by atoms with Gasteiger partial charge in [-0.15, -0.1) is 5.10 Å². The number of hydrogen-bond acceptors (Lipinski definition) is 6. The van der Waals surface area contributed by atoms with Crippen LogP contribution in [0.3, 0.4) is 0 Å². The minimum Gasteiger partial charge on any atom is -0.367 e. The number of likely N-dealkylation sites (tertiary alicyclic amines) is 1. The van der Waals surface area contributed by atoms with E-state index in [1.165, 1.54) is 12.8 Å². The van der Waals surface area contributed by atoms with Crippen molar-refractivity contribution in [2.45, 2.75) is 57.5 Å². The maximum absolute atomic E-state index is 12.3. The zero-order valence-corrected chi connectivity index (χ0v) is 15.3. The van der Waals surface area contributed by atoms with E-state index in [1.807, 2.05) is 0 Å². The predicted octanol–water partition coefficient (Wildman–Crippen LogP) is -0.185. The van der Waals surface area contributed by atoms with E-state index in [0.29, 0.717) is 37.8 Å². The molecule has 0 radical (unpaired) electrons. The van der Waals surface area contributed by atoms with Crippen molar-refractivity contribution in [2.24, 2.45) is 5.92 Å². The highest BCUT2D eigenvalue weighted by Gasteiger charge is 2.37. The van der Waals surface area contributed by atoms with Crippen molar-refractivity contribution in [1.82, 2.24) is 30.7 Å². The third kappa shape index (κ3) is 5.42. The molecule has 26 heavy (non-hydrogen) atoms. The lowest BCUT2D eigenvalue weighted by molar-refractivity contribution is -0.122. The summed E-state index contributed by atoms with van der Waals surface area (Å²) in [5.41, 5.74) is 5.46. The van der Waals surface area contributed by atoms with E-state index in [-0.39, 0.29) is 23.8 Å². The molecule has 1 saturated carbocycles. The zero-order valence-electron chi connectivity index (χ0n) is 15.3. The van der Waals surface area contributed by atoms with E-state index < -0.39 is 0 Å². The normalized spacial score (nSPS) is 23.1. The van der Waals surface area contributed by atoms with Crippen LogP contribution < -0.4 is 16.4 Å². The van der Waals surface area contributed by atoms with Gasteiger partial charge in [-0.05, 0) is 31.6 Å². The summed E-state index contributed by atoms with van der Waals surface area (Å²) in [5, 5.41) is 12.4. The van der Waals surface area contributed by atoms with Crippen LogP contribution in [-0.2, 0) is 16.0 Å². The molecule has 144 valence electrons. The number of hydrogen-bond donors (Lipinski definition) is 4. The van der Waals surface area contributed by atoms with Crippen LogP contribution in [0.1, 0.15) is 44.9 Å². The number of rotatable bonds is 9. The second kappa shape index (κ2) is 8.48. The van der Waals surface area contributed by atoms with Gasteiger partial charge in [-0.25, -0.2) is 0 Å². The third-order valence-corrected chi connectivity index (χ3v) is 5.18. The molecule has 0 aromatic carbocycles. The molecule has 0 unspecified atom stereocenters. The van der Waals surface area contributed by atoms with Gasteiger partial charge in [0.2, 0.25) is 17.8 Å². The number of nitrogens with zero attached hydrogens (tertiary/aromatic N) is 3. The maximum Gasteiger partial charge on any atom is 0.239 e. The smallest absolute Gasteiger partial charge is 0.239 e. The molecule has 1 aliphatic carbocycles. The van der Waals surface area contributed by atoms with E-state index in [1.54, 1.807) is 6.92 Å². The van der Waals surface area contributed by atoms with Gasteiger partial charge in [0, 0.05) is 51.5 Å². The van der Waals surface area contributed by atoms with Crippen molar-refractivity contribution in [2.75, 3.05) is 25.4 Å². The first kappa shape index (κ1) is 18.6. The molecule has 2 atom stereocenters. The largest absolute Gasteiger partial charge is 0.367 e. The van der Waals surface area contributed by atoms with Gasteiger partial charge in [0.05, 0.1) is 0 Å². The summed E-state index contributed by atoms with van der Waals surface area (Å²) in [6.07, 6.45) is 5.68. The van der Waals surface area contributed by atoms with Gasteiger partial charge in [-0.2, -0.15) is 4.98 Å². The second-order valence-corrected chi connectivity index (χ2v) is 7.41. The van der Waals surface area contributed by atoms with Gasteiger partial charge in [0.25, 0.3) is 0 Å². The molecule has 1 saturated heterocycles. The Bertz CT molecular complexity index is 628. The number of carbonyl (C=O) groups is 2. The number of aromatic amines is 1. The van der Waals surface area contributed by atoms with Crippen molar-refractivity contribution >= 4 is 17.8 Å². The third-order valence-electron chi connectivity index (χ3n) is 5.18. The van der Waals surface area contributed by atoms with Crippen LogP contribution in [0, 0.1) is 5.92 Å². The van der Waals surface area contributed by atoms with Crippen molar-refractivity contribution < 1.29 is 9.59 Å². The quantitative estimate of drug-likeness (QED) is 0.481. The number of amides is 2.